The van der Waals surface area contributed by atoms with Crippen LogP contribution in [-0.4, -0.2) is 32.0 Å². The highest BCUT2D eigenvalue weighted by Crippen LogP contribution is 2.12. The first kappa shape index (κ1) is 12.1. The molecule has 0 radical (unpaired) electrons. The van der Waals surface area contributed by atoms with Crippen LogP contribution in [0.1, 0.15) is 11.6 Å². The van der Waals surface area contributed by atoms with Crippen LogP contribution >= 0.6 is 0 Å². The molecule has 2 N–H and O–H groups in total. The molecular weight excluding hydrogens is 197 g/mol. The lowest BCUT2D eigenvalue weighted by Gasteiger charge is -2.16. The van der Waals surface area contributed by atoms with Crippen LogP contribution in [-0.2, 0) is 4.74 Å². The fourth-order valence-corrected chi connectivity index (χ4v) is 1.32. The monoisotopic (exact) mass is 213 g/mol. The van der Waals surface area contributed by atoms with Gasteiger partial charge in [-0.2, -0.15) is 0 Å². The predicted octanol–water partition coefficient (Wildman–Crippen LogP) is 1.10. The molecule has 0 aliphatic heterocycles. The van der Waals surface area contributed by atoms with E-state index in [4.69, 9.17) is 9.84 Å². The standard InChI is InChI=1S/C11H16FNO2/c1-15-7-6-13-11(8-14)9-2-4-10(12)5-3-9/h2-5,11,13-14H,6-8H2,1H3. The van der Waals surface area contributed by atoms with Gasteiger partial charge in [-0.15, -0.1) is 0 Å². The molecule has 4 heteroatoms. The summed E-state index contributed by atoms with van der Waals surface area (Å²) >= 11 is 0. The molecule has 3 nitrogen and oxygen atoms in total. The van der Waals surface area contributed by atoms with Crippen LogP contribution in [0.5, 0.6) is 0 Å². The van der Waals surface area contributed by atoms with Gasteiger partial charge in [0.15, 0.2) is 0 Å². The zero-order valence-electron chi connectivity index (χ0n) is 8.74. The summed E-state index contributed by atoms with van der Waals surface area (Å²) < 4.78 is 17.5. The topological polar surface area (TPSA) is 41.5 Å². The molecule has 1 unspecified atom stereocenters. The maximum Gasteiger partial charge on any atom is 0.123 e. The third kappa shape index (κ3) is 3.95. The van der Waals surface area contributed by atoms with Gasteiger partial charge in [-0.25, -0.2) is 4.39 Å². The number of aliphatic hydroxyl groups excluding tert-OH is 1. The van der Waals surface area contributed by atoms with Crippen LogP contribution < -0.4 is 5.32 Å². The molecule has 0 spiro atoms. The molecule has 0 saturated heterocycles. The molecule has 15 heavy (non-hydrogen) atoms. The summed E-state index contributed by atoms with van der Waals surface area (Å²) in [5.74, 6) is -0.271. The van der Waals surface area contributed by atoms with Gasteiger partial charge in [-0.05, 0) is 17.7 Å². The number of ether oxygens (including phenoxy) is 1. The number of hydrogen-bond donors (Lipinski definition) is 2. The molecule has 1 rings (SSSR count). The Hall–Kier alpha value is -0.970. The summed E-state index contributed by atoms with van der Waals surface area (Å²) in [5.41, 5.74) is 0.870. The average molecular weight is 213 g/mol. The largest absolute Gasteiger partial charge is 0.394 e. The molecule has 1 atom stereocenters. The first-order valence-electron chi connectivity index (χ1n) is 4.86. The van der Waals surface area contributed by atoms with Crippen molar-refractivity contribution in [3.05, 3.63) is 35.6 Å². The van der Waals surface area contributed by atoms with Crippen LogP contribution in [0.2, 0.25) is 0 Å². The van der Waals surface area contributed by atoms with Crippen molar-refractivity contribution < 1.29 is 14.2 Å². The van der Waals surface area contributed by atoms with E-state index in [1.165, 1.54) is 12.1 Å². The van der Waals surface area contributed by atoms with E-state index in [2.05, 4.69) is 5.32 Å². The van der Waals surface area contributed by atoms with Crippen LogP contribution in [0.4, 0.5) is 4.39 Å². The first-order valence-corrected chi connectivity index (χ1v) is 4.86. The van der Waals surface area contributed by atoms with Gasteiger partial charge in [-0.3, -0.25) is 0 Å². The van der Waals surface area contributed by atoms with Gasteiger partial charge in [0.05, 0.1) is 19.3 Å². The molecular formula is C11H16FNO2. The van der Waals surface area contributed by atoms with E-state index in [1.807, 2.05) is 0 Å². The van der Waals surface area contributed by atoms with Crippen molar-refractivity contribution in [3.8, 4) is 0 Å². The highest BCUT2D eigenvalue weighted by atomic mass is 19.1. The third-order valence-corrected chi connectivity index (χ3v) is 2.15. The lowest BCUT2D eigenvalue weighted by molar-refractivity contribution is 0.184. The molecule has 0 fully saturated rings. The van der Waals surface area contributed by atoms with E-state index in [0.29, 0.717) is 13.2 Å². The van der Waals surface area contributed by atoms with Crippen molar-refractivity contribution in [1.29, 1.82) is 0 Å². The lowest BCUT2D eigenvalue weighted by Crippen LogP contribution is -2.27. The predicted molar refractivity (Wildman–Crippen MR) is 56.1 cm³/mol. The maximum absolute atomic E-state index is 12.7. The lowest BCUT2D eigenvalue weighted by atomic mass is 10.1. The first-order chi connectivity index (χ1) is 7.27. The molecule has 1 aromatic carbocycles. The Labute approximate surface area is 88.9 Å². The molecule has 0 saturated carbocycles. The van der Waals surface area contributed by atoms with Gasteiger partial charge >= 0.3 is 0 Å². The van der Waals surface area contributed by atoms with E-state index in [-0.39, 0.29) is 18.5 Å². The average Bonchev–Trinajstić information content (AvgIpc) is 2.26. The molecule has 0 aliphatic carbocycles. The number of hydrogen-bond acceptors (Lipinski definition) is 3. The molecule has 84 valence electrons. The Kier molecular flexibility index (Phi) is 5.25. The third-order valence-electron chi connectivity index (χ3n) is 2.15. The van der Waals surface area contributed by atoms with E-state index >= 15 is 0 Å². The summed E-state index contributed by atoms with van der Waals surface area (Å²) in [6, 6.07) is 5.93. The van der Waals surface area contributed by atoms with Crippen molar-refractivity contribution in [2.45, 2.75) is 6.04 Å². The summed E-state index contributed by atoms with van der Waals surface area (Å²) in [6.45, 7) is 1.21. The smallest absolute Gasteiger partial charge is 0.123 e. The number of methoxy groups -OCH3 is 1. The minimum Gasteiger partial charge on any atom is -0.394 e. The van der Waals surface area contributed by atoms with E-state index in [1.54, 1.807) is 19.2 Å². The normalized spacial score (nSPS) is 12.7. The molecule has 0 heterocycles. The Morgan fingerprint density at radius 3 is 2.60 bits per heavy atom. The number of halogens is 1. The van der Waals surface area contributed by atoms with Gasteiger partial charge in [-0.1, -0.05) is 12.1 Å². The summed E-state index contributed by atoms with van der Waals surface area (Å²) in [4.78, 5) is 0. The molecule has 0 amide bonds. The minimum absolute atomic E-state index is 0.0185. The quantitative estimate of drug-likeness (QED) is 0.695. The highest BCUT2D eigenvalue weighted by molar-refractivity contribution is 5.19. The molecule has 1 aromatic rings. The maximum atomic E-state index is 12.7. The van der Waals surface area contributed by atoms with Crippen LogP contribution in [0.25, 0.3) is 0 Å². The second-order valence-corrected chi connectivity index (χ2v) is 3.23. The van der Waals surface area contributed by atoms with Gasteiger partial charge in [0.1, 0.15) is 5.82 Å². The molecule has 0 bridgehead atoms. The van der Waals surface area contributed by atoms with Crippen molar-refractivity contribution >= 4 is 0 Å². The van der Waals surface area contributed by atoms with Crippen molar-refractivity contribution in [3.63, 3.8) is 0 Å². The number of rotatable bonds is 6. The van der Waals surface area contributed by atoms with Crippen LogP contribution in [0, 0.1) is 5.82 Å². The van der Waals surface area contributed by atoms with E-state index in [9.17, 15) is 4.39 Å². The minimum atomic E-state index is -0.271. The fraction of sp³-hybridized carbons (Fsp3) is 0.455. The van der Waals surface area contributed by atoms with Crippen molar-refractivity contribution in [2.24, 2.45) is 0 Å². The Morgan fingerprint density at radius 1 is 1.40 bits per heavy atom. The SMILES string of the molecule is COCCNC(CO)c1ccc(F)cc1. The summed E-state index contributed by atoms with van der Waals surface area (Å²) in [6.07, 6.45) is 0. The van der Waals surface area contributed by atoms with Gasteiger partial charge in [0, 0.05) is 13.7 Å². The van der Waals surface area contributed by atoms with Crippen molar-refractivity contribution in [2.75, 3.05) is 26.9 Å². The molecule has 0 aromatic heterocycles. The number of benzene rings is 1. The zero-order valence-corrected chi connectivity index (χ0v) is 8.74. The van der Waals surface area contributed by atoms with E-state index < -0.39 is 0 Å². The van der Waals surface area contributed by atoms with Crippen molar-refractivity contribution in [1.82, 2.24) is 5.32 Å². The molecule has 0 aliphatic rings. The number of nitrogens with one attached hydrogen (secondary N) is 1. The Bertz CT molecular complexity index is 276. The zero-order chi connectivity index (χ0) is 11.1. The Balaban J connectivity index is 2.53. The van der Waals surface area contributed by atoms with Crippen LogP contribution in [0.3, 0.4) is 0 Å². The van der Waals surface area contributed by atoms with Crippen LogP contribution in [0.15, 0.2) is 24.3 Å². The fourth-order valence-electron chi connectivity index (χ4n) is 1.32. The van der Waals surface area contributed by atoms with Gasteiger partial charge in [0.25, 0.3) is 0 Å². The van der Waals surface area contributed by atoms with Gasteiger partial charge < -0.3 is 15.2 Å². The second kappa shape index (κ2) is 6.50. The number of aliphatic hydroxyl groups is 1. The van der Waals surface area contributed by atoms with E-state index in [0.717, 1.165) is 5.56 Å². The highest BCUT2D eigenvalue weighted by Gasteiger charge is 2.08. The summed E-state index contributed by atoms with van der Waals surface area (Å²) in [7, 11) is 1.62. The second-order valence-electron chi connectivity index (χ2n) is 3.23. The van der Waals surface area contributed by atoms with Gasteiger partial charge in [0.2, 0.25) is 0 Å². The summed E-state index contributed by atoms with van der Waals surface area (Å²) in [5, 5.41) is 12.3. The Morgan fingerprint density at radius 2 is 2.07 bits per heavy atom.